The second-order valence-corrected chi connectivity index (χ2v) is 2.33. The first-order valence-electron chi connectivity index (χ1n) is 3.25. The molecule has 0 radical (unpaired) electrons. The highest BCUT2D eigenvalue weighted by molar-refractivity contribution is 6.28. The number of ether oxygens (including phenoxy) is 1. The molecule has 1 atom stereocenters. The maximum atomic E-state index is 10.2. The Balaban J connectivity index is 2.70. The number of hydrogen-bond acceptors (Lipinski definition) is 5. The van der Waals surface area contributed by atoms with Gasteiger partial charge in [-0.2, -0.15) is 5.26 Å². The summed E-state index contributed by atoms with van der Waals surface area (Å²) >= 11 is 5.40. The van der Waals surface area contributed by atoms with Gasteiger partial charge in [-0.15, -0.1) is 0 Å². The van der Waals surface area contributed by atoms with Crippen LogP contribution in [0.15, 0.2) is 12.4 Å². The summed E-state index contributed by atoms with van der Waals surface area (Å²) in [5.41, 5.74) is 0. The summed E-state index contributed by atoms with van der Waals surface area (Å²) < 4.78 is 4.85. The van der Waals surface area contributed by atoms with Crippen molar-refractivity contribution in [2.45, 2.75) is 6.10 Å². The average molecular weight is 198 g/mol. The van der Waals surface area contributed by atoms with Crippen molar-refractivity contribution in [3.8, 4) is 11.8 Å². The topological polar surface area (TPSA) is 75.9 Å². The second-order valence-electron chi connectivity index (χ2n) is 1.99. The molecule has 0 spiro atoms. The fraction of sp³-hybridized carbons (Fsp3) is 0.143. The van der Waals surface area contributed by atoms with Crippen LogP contribution in [-0.4, -0.2) is 22.4 Å². The number of aromatic nitrogens is 2. The Kier molecular flexibility index (Phi) is 3.17. The van der Waals surface area contributed by atoms with Gasteiger partial charge in [-0.25, -0.2) is 9.97 Å². The molecule has 13 heavy (non-hydrogen) atoms. The molecule has 0 saturated carbocycles. The molecule has 0 saturated heterocycles. The number of carbonyl (C=O) groups excluding carboxylic acids is 1. The van der Waals surface area contributed by atoms with Crippen LogP contribution in [0.1, 0.15) is 0 Å². The molecule has 5 nitrogen and oxygen atoms in total. The number of rotatable bonds is 3. The third kappa shape index (κ3) is 2.69. The molecule has 0 amide bonds. The Morgan fingerprint density at radius 3 is 2.69 bits per heavy atom. The molecule has 1 rings (SSSR count). The van der Waals surface area contributed by atoms with E-state index in [2.05, 4.69) is 9.97 Å². The van der Waals surface area contributed by atoms with Crippen LogP contribution < -0.4 is 4.74 Å². The standard InChI is InChI=1S/C7H4ClN3O2/c8-7-10-2-6(3-11-7)13-5(1-9)4-12/h2-5H. The molecule has 0 aliphatic carbocycles. The maximum Gasteiger partial charge on any atom is 0.239 e. The van der Waals surface area contributed by atoms with Crippen molar-refractivity contribution in [3.63, 3.8) is 0 Å². The molecular weight excluding hydrogens is 194 g/mol. The molecule has 1 unspecified atom stereocenters. The Labute approximate surface area is 78.9 Å². The number of nitriles is 1. The van der Waals surface area contributed by atoms with Crippen LogP contribution in [0.2, 0.25) is 5.28 Å². The molecule has 0 aliphatic rings. The Hall–Kier alpha value is -1.67. The first kappa shape index (κ1) is 9.42. The van der Waals surface area contributed by atoms with Gasteiger partial charge in [0.2, 0.25) is 11.4 Å². The lowest BCUT2D eigenvalue weighted by atomic mass is 10.4. The van der Waals surface area contributed by atoms with E-state index in [9.17, 15) is 4.79 Å². The summed E-state index contributed by atoms with van der Waals surface area (Å²) in [5.74, 6) is 0.225. The summed E-state index contributed by atoms with van der Waals surface area (Å²) in [7, 11) is 0. The molecule has 1 aromatic heterocycles. The third-order valence-corrected chi connectivity index (χ3v) is 1.31. The zero-order valence-electron chi connectivity index (χ0n) is 6.35. The molecule has 0 bridgehead atoms. The van der Waals surface area contributed by atoms with Crippen molar-refractivity contribution in [2.75, 3.05) is 0 Å². The van der Waals surface area contributed by atoms with E-state index in [-0.39, 0.29) is 11.0 Å². The number of halogens is 1. The van der Waals surface area contributed by atoms with Gasteiger partial charge >= 0.3 is 0 Å². The monoisotopic (exact) mass is 197 g/mol. The number of aldehydes is 1. The van der Waals surface area contributed by atoms with Crippen molar-refractivity contribution in [1.29, 1.82) is 5.26 Å². The van der Waals surface area contributed by atoms with E-state index < -0.39 is 6.10 Å². The summed E-state index contributed by atoms with van der Waals surface area (Å²) in [6.07, 6.45) is 1.81. The van der Waals surface area contributed by atoms with Crippen molar-refractivity contribution in [1.82, 2.24) is 9.97 Å². The zero-order chi connectivity index (χ0) is 9.68. The van der Waals surface area contributed by atoms with Gasteiger partial charge in [-0.3, -0.25) is 4.79 Å². The van der Waals surface area contributed by atoms with Gasteiger partial charge in [-0.1, -0.05) is 0 Å². The van der Waals surface area contributed by atoms with Gasteiger partial charge in [0.1, 0.15) is 6.07 Å². The summed E-state index contributed by atoms with van der Waals surface area (Å²) in [4.78, 5) is 17.4. The summed E-state index contributed by atoms with van der Waals surface area (Å²) in [5, 5.41) is 8.44. The summed E-state index contributed by atoms with van der Waals surface area (Å²) in [6.45, 7) is 0. The SMILES string of the molecule is N#CC(C=O)Oc1cnc(Cl)nc1. The minimum Gasteiger partial charge on any atom is -0.465 e. The molecule has 0 aliphatic heterocycles. The highest BCUT2D eigenvalue weighted by Gasteiger charge is 2.06. The van der Waals surface area contributed by atoms with Crippen molar-refractivity contribution in [2.24, 2.45) is 0 Å². The fourth-order valence-electron chi connectivity index (χ4n) is 0.592. The van der Waals surface area contributed by atoms with Crippen LogP contribution in [0.25, 0.3) is 0 Å². The Morgan fingerprint density at radius 1 is 1.62 bits per heavy atom. The molecular formula is C7H4ClN3O2. The lowest BCUT2D eigenvalue weighted by Crippen LogP contribution is -2.15. The predicted molar refractivity (Wildman–Crippen MR) is 43.1 cm³/mol. The van der Waals surface area contributed by atoms with Gasteiger partial charge in [0.05, 0.1) is 12.4 Å². The molecule has 6 heteroatoms. The zero-order valence-corrected chi connectivity index (χ0v) is 7.10. The maximum absolute atomic E-state index is 10.2. The molecule has 0 aromatic carbocycles. The Morgan fingerprint density at radius 2 is 2.23 bits per heavy atom. The van der Waals surface area contributed by atoms with Crippen molar-refractivity contribution in [3.05, 3.63) is 17.7 Å². The number of carbonyl (C=O) groups is 1. The summed E-state index contributed by atoms with van der Waals surface area (Å²) in [6, 6.07) is 1.64. The van der Waals surface area contributed by atoms with Crippen molar-refractivity contribution < 1.29 is 9.53 Å². The van der Waals surface area contributed by atoms with Crippen LogP contribution >= 0.6 is 11.6 Å². The van der Waals surface area contributed by atoms with E-state index >= 15 is 0 Å². The van der Waals surface area contributed by atoms with Crippen molar-refractivity contribution >= 4 is 17.9 Å². The van der Waals surface area contributed by atoms with Gasteiger partial charge in [0.15, 0.2) is 12.0 Å². The smallest absolute Gasteiger partial charge is 0.239 e. The van der Waals surface area contributed by atoms with Gasteiger partial charge in [0, 0.05) is 0 Å². The van der Waals surface area contributed by atoms with Crippen LogP contribution in [0.3, 0.4) is 0 Å². The van der Waals surface area contributed by atoms with Gasteiger partial charge in [0.25, 0.3) is 0 Å². The molecule has 0 N–H and O–H groups in total. The van der Waals surface area contributed by atoms with Crippen LogP contribution in [0.5, 0.6) is 5.75 Å². The first-order chi connectivity index (χ1) is 6.26. The number of hydrogen-bond donors (Lipinski definition) is 0. The highest BCUT2D eigenvalue weighted by Crippen LogP contribution is 2.09. The third-order valence-electron chi connectivity index (χ3n) is 1.11. The van der Waals surface area contributed by atoms with Gasteiger partial charge in [-0.05, 0) is 11.6 Å². The van der Waals surface area contributed by atoms with Crippen LogP contribution in [-0.2, 0) is 4.79 Å². The van der Waals surface area contributed by atoms with E-state index in [1.165, 1.54) is 12.4 Å². The minimum absolute atomic E-state index is 0.0759. The van der Waals surface area contributed by atoms with E-state index in [1.807, 2.05) is 0 Å². The van der Waals surface area contributed by atoms with Gasteiger partial charge < -0.3 is 4.74 Å². The van der Waals surface area contributed by atoms with E-state index in [4.69, 9.17) is 21.6 Å². The van der Waals surface area contributed by atoms with Crippen LogP contribution in [0.4, 0.5) is 0 Å². The lowest BCUT2D eigenvalue weighted by Gasteiger charge is -2.04. The fourth-order valence-corrected chi connectivity index (χ4v) is 0.690. The molecule has 66 valence electrons. The largest absolute Gasteiger partial charge is 0.465 e. The van der Waals surface area contributed by atoms with E-state index in [1.54, 1.807) is 6.07 Å². The lowest BCUT2D eigenvalue weighted by molar-refractivity contribution is -0.111. The predicted octanol–water partition coefficient (Wildman–Crippen LogP) is 0.600. The quantitative estimate of drug-likeness (QED) is 0.524. The average Bonchev–Trinajstić information content (AvgIpc) is 2.17. The second kappa shape index (κ2) is 4.38. The van der Waals surface area contributed by atoms with Crippen LogP contribution in [0, 0.1) is 11.3 Å². The molecule has 1 aromatic rings. The molecule has 1 heterocycles. The highest BCUT2D eigenvalue weighted by atomic mass is 35.5. The first-order valence-corrected chi connectivity index (χ1v) is 3.63. The number of nitrogens with zero attached hydrogens (tertiary/aromatic N) is 3. The minimum atomic E-state index is -1.13. The normalized spacial score (nSPS) is 11.4. The van der Waals surface area contributed by atoms with E-state index in [0.717, 1.165) is 0 Å². The molecule has 0 fully saturated rings. The van der Waals surface area contributed by atoms with E-state index in [0.29, 0.717) is 6.29 Å². The Bertz CT molecular complexity index is 333.